The fraction of sp³-hybridized carbons (Fsp3) is 0.615. The predicted octanol–water partition coefficient (Wildman–Crippen LogP) is 4.03. The van der Waals surface area contributed by atoms with Crippen LogP contribution in [0.2, 0.25) is 10.2 Å². The largest absolute Gasteiger partial charge is 0.242 e. The standard InChI is InChI=1S/C13H20Cl2N2O2S/c1-2-3-4-5-6-7-8-17-20(18,19)11-9-12(14)13(15)16-10-11/h9-10,17H,2-8H2,1H3. The smallest absolute Gasteiger partial charge is 0.242 e. The van der Waals surface area contributed by atoms with Gasteiger partial charge in [-0.25, -0.2) is 18.1 Å². The quantitative estimate of drug-likeness (QED) is 0.546. The molecular weight excluding hydrogens is 319 g/mol. The number of rotatable bonds is 9. The van der Waals surface area contributed by atoms with Crippen molar-refractivity contribution in [1.82, 2.24) is 9.71 Å². The van der Waals surface area contributed by atoms with E-state index in [1.807, 2.05) is 0 Å². The van der Waals surface area contributed by atoms with Crippen LogP contribution in [0.15, 0.2) is 17.2 Å². The average Bonchev–Trinajstić information content (AvgIpc) is 2.40. The monoisotopic (exact) mass is 338 g/mol. The summed E-state index contributed by atoms with van der Waals surface area (Å²) < 4.78 is 26.5. The molecule has 7 heteroatoms. The van der Waals surface area contributed by atoms with Crippen LogP contribution in [0.4, 0.5) is 0 Å². The Kier molecular flexibility index (Phi) is 7.80. The number of nitrogens with zero attached hydrogens (tertiary/aromatic N) is 1. The van der Waals surface area contributed by atoms with Gasteiger partial charge >= 0.3 is 0 Å². The Bertz CT molecular complexity index is 521. The lowest BCUT2D eigenvalue weighted by molar-refractivity contribution is 0.567. The zero-order valence-corrected chi connectivity index (χ0v) is 13.9. The number of halogens is 2. The Labute approximate surface area is 130 Å². The van der Waals surface area contributed by atoms with Crippen molar-refractivity contribution in [2.24, 2.45) is 0 Å². The summed E-state index contributed by atoms with van der Waals surface area (Å²) in [5.74, 6) is 0. The molecule has 0 aliphatic carbocycles. The Morgan fingerprint density at radius 3 is 2.45 bits per heavy atom. The van der Waals surface area contributed by atoms with Crippen LogP contribution < -0.4 is 4.72 Å². The van der Waals surface area contributed by atoms with Gasteiger partial charge in [0.25, 0.3) is 0 Å². The maximum atomic E-state index is 12.0. The molecule has 0 amide bonds. The highest BCUT2D eigenvalue weighted by Gasteiger charge is 2.15. The molecule has 1 N–H and O–H groups in total. The summed E-state index contributed by atoms with van der Waals surface area (Å²) in [7, 11) is -3.55. The van der Waals surface area contributed by atoms with E-state index in [9.17, 15) is 8.42 Å². The number of pyridine rings is 1. The van der Waals surface area contributed by atoms with Gasteiger partial charge < -0.3 is 0 Å². The van der Waals surface area contributed by atoms with Gasteiger partial charge in [0, 0.05) is 12.7 Å². The van der Waals surface area contributed by atoms with Crippen LogP contribution >= 0.6 is 23.2 Å². The summed E-state index contributed by atoms with van der Waals surface area (Å²) in [6.45, 7) is 2.59. The van der Waals surface area contributed by atoms with E-state index in [0.29, 0.717) is 6.54 Å². The van der Waals surface area contributed by atoms with E-state index in [1.165, 1.54) is 31.5 Å². The molecule has 0 aliphatic rings. The van der Waals surface area contributed by atoms with Gasteiger partial charge in [-0.05, 0) is 12.5 Å². The van der Waals surface area contributed by atoms with E-state index < -0.39 is 10.0 Å². The molecule has 0 saturated heterocycles. The van der Waals surface area contributed by atoms with E-state index in [-0.39, 0.29) is 15.1 Å². The third-order valence-electron chi connectivity index (χ3n) is 2.90. The lowest BCUT2D eigenvalue weighted by Crippen LogP contribution is -2.25. The molecule has 0 aromatic carbocycles. The van der Waals surface area contributed by atoms with Crippen molar-refractivity contribution in [3.63, 3.8) is 0 Å². The molecule has 114 valence electrons. The maximum Gasteiger partial charge on any atom is 0.242 e. The molecular formula is C13H20Cl2N2O2S. The number of nitrogens with one attached hydrogen (secondary N) is 1. The molecule has 0 bridgehead atoms. The van der Waals surface area contributed by atoms with E-state index in [4.69, 9.17) is 23.2 Å². The Balaban J connectivity index is 2.40. The van der Waals surface area contributed by atoms with Gasteiger partial charge in [0.2, 0.25) is 10.0 Å². The normalized spacial score (nSPS) is 11.8. The van der Waals surface area contributed by atoms with Crippen molar-refractivity contribution < 1.29 is 8.42 Å². The molecule has 0 fully saturated rings. The molecule has 1 aromatic heterocycles. The van der Waals surface area contributed by atoms with Crippen molar-refractivity contribution in [1.29, 1.82) is 0 Å². The van der Waals surface area contributed by atoms with Crippen LogP contribution in [0.25, 0.3) is 0 Å². The second kappa shape index (κ2) is 8.82. The van der Waals surface area contributed by atoms with E-state index >= 15 is 0 Å². The van der Waals surface area contributed by atoms with E-state index in [1.54, 1.807) is 0 Å². The minimum Gasteiger partial charge on any atom is -0.242 e. The van der Waals surface area contributed by atoms with Crippen LogP contribution in [0.3, 0.4) is 0 Å². The SMILES string of the molecule is CCCCCCCCNS(=O)(=O)c1cnc(Cl)c(Cl)c1. The molecule has 1 rings (SSSR count). The highest BCUT2D eigenvalue weighted by atomic mass is 35.5. The van der Waals surface area contributed by atoms with Crippen molar-refractivity contribution in [2.75, 3.05) is 6.54 Å². The van der Waals surface area contributed by atoms with Crippen LogP contribution in [-0.2, 0) is 10.0 Å². The summed E-state index contributed by atoms with van der Waals surface area (Å²) in [6, 6.07) is 1.31. The van der Waals surface area contributed by atoms with Gasteiger partial charge in [-0.2, -0.15) is 0 Å². The van der Waals surface area contributed by atoms with Crippen molar-refractivity contribution in [3.05, 3.63) is 22.4 Å². The first-order valence-corrected chi connectivity index (χ1v) is 9.02. The fourth-order valence-electron chi connectivity index (χ4n) is 1.75. The predicted molar refractivity (Wildman–Crippen MR) is 82.8 cm³/mol. The Morgan fingerprint density at radius 2 is 1.80 bits per heavy atom. The number of unbranched alkanes of at least 4 members (excludes halogenated alkanes) is 5. The van der Waals surface area contributed by atoms with Gasteiger partial charge in [0.15, 0.2) is 0 Å². The van der Waals surface area contributed by atoms with Crippen molar-refractivity contribution in [2.45, 2.75) is 50.3 Å². The third-order valence-corrected chi connectivity index (χ3v) is 5.02. The minimum absolute atomic E-state index is 0.0397. The zero-order chi connectivity index (χ0) is 15.0. The highest BCUT2D eigenvalue weighted by molar-refractivity contribution is 7.89. The first-order valence-electron chi connectivity index (χ1n) is 6.78. The second-order valence-electron chi connectivity index (χ2n) is 4.61. The molecule has 0 unspecified atom stereocenters. The summed E-state index contributed by atoms with van der Waals surface area (Å²) in [6.07, 6.45) is 7.86. The highest BCUT2D eigenvalue weighted by Crippen LogP contribution is 2.21. The van der Waals surface area contributed by atoms with Gasteiger partial charge in [-0.3, -0.25) is 0 Å². The Hall–Kier alpha value is -0.360. The summed E-state index contributed by atoms with van der Waals surface area (Å²) in [4.78, 5) is 3.78. The summed E-state index contributed by atoms with van der Waals surface area (Å²) in [5.41, 5.74) is 0. The van der Waals surface area contributed by atoms with Crippen LogP contribution in [0, 0.1) is 0 Å². The minimum atomic E-state index is -3.55. The summed E-state index contributed by atoms with van der Waals surface area (Å²) in [5, 5.41) is 0.232. The van der Waals surface area contributed by atoms with Gasteiger partial charge in [-0.1, -0.05) is 62.2 Å². The fourth-order valence-corrected chi connectivity index (χ4v) is 3.12. The second-order valence-corrected chi connectivity index (χ2v) is 7.14. The molecule has 1 aromatic rings. The molecule has 1 heterocycles. The lowest BCUT2D eigenvalue weighted by atomic mass is 10.1. The molecule has 0 aliphatic heterocycles. The van der Waals surface area contributed by atoms with E-state index in [2.05, 4.69) is 16.6 Å². The van der Waals surface area contributed by atoms with Gasteiger partial charge in [0.05, 0.1) is 5.02 Å². The zero-order valence-electron chi connectivity index (χ0n) is 11.5. The molecule has 20 heavy (non-hydrogen) atoms. The molecule has 0 saturated carbocycles. The topological polar surface area (TPSA) is 59.1 Å². The molecule has 0 atom stereocenters. The van der Waals surface area contributed by atoms with Gasteiger partial charge in [0.1, 0.15) is 10.0 Å². The lowest BCUT2D eigenvalue weighted by Gasteiger charge is -2.07. The van der Waals surface area contributed by atoms with Crippen molar-refractivity contribution in [3.8, 4) is 0 Å². The number of hydrogen-bond acceptors (Lipinski definition) is 3. The molecule has 0 spiro atoms. The van der Waals surface area contributed by atoms with E-state index in [0.717, 1.165) is 19.3 Å². The maximum absolute atomic E-state index is 12.0. The average molecular weight is 339 g/mol. The first-order chi connectivity index (χ1) is 9.47. The van der Waals surface area contributed by atoms with Crippen LogP contribution in [0.1, 0.15) is 45.4 Å². The molecule has 4 nitrogen and oxygen atoms in total. The van der Waals surface area contributed by atoms with Crippen molar-refractivity contribution >= 4 is 33.2 Å². The Morgan fingerprint density at radius 1 is 1.15 bits per heavy atom. The summed E-state index contributed by atoms with van der Waals surface area (Å²) >= 11 is 11.4. The molecule has 0 radical (unpaired) electrons. The number of aromatic nitrogens is 1. The van der Waals surface area contributed by atoms with Crippen LogP contribution in [0.5, 0.6) is 0 Å². The third kappa shape index (κ3) is 5.95. The number of hydrogen-bond donors (Lipinski definition) is 1. The van der Waals surface area contributed by atoms with Crippen LogP contribution in [-0.4, -0.2) is 19.9 Å². The van der Waals surface area contributed by atoms with Gasteiger partial charge in [-0.15, -0.1) is 0 Å². The number of sulfonamides is 1. The first kappa shape index (κ1) is 17.7.